The minimum absolute atomic E-state index is 0.0234. The topological polar surface area (TPSA) is 75.7 Å². The van der Waals surface area contributed by atoms with Gasteiger partial charge in [-0.25, -0.2) is 14.3 Å². The fourth-order valence-corrected chi connectivity index (χ4v) is 4.95. The number of allylic oxidation sites excluding steroid dienone is 2. The molecule has 0 aromatic heterocycles. The first-order valence-corrected chi connectivity index (χ1v) is 14.2. The lowest BCUT2D eigenvalue weighted by atomic mass is 10.0. The summed E-state index contributed by atoms with van der Waals surface area (Å²) in [5.41, 5.74) is 6.12. The van der Waals surface area contributed by atoms with Crippen molar-refractivity contribution in [1.29, 1.82) is 0 Å². The maximum Gasteiger partial charge on any atom is 0.360 e. The highest BCUT2D eigenvalue weighted by Gasteiger charge is 2.40. The molecule has 0 spiro atoms. The van der Waals surface area contributed by atoms with Gasteiger partial charge in [-0.15, -0.1) is 0 Å². The average Bonchev–Trinajstić information content (AvgIpc) is 3.20. The summed E-state index contributed by atoms with van der Waals surface area (Å²) in [5, 5.41) is 9.28. The van der Waals surface area contributed by atoms with Crippen LogP contribution in [0.3, 0.4) is 0 Å². The second-order valence-corrected chi connectivity index (χ2v) is 10.2. The van der Waals surface area contributed by atoms with Gasteiger partial charge in [-0.2, -0.15) is 0 Å². The predicted molar refractivity (Wildman–Crippen MR) is 146 cm³/mol. The molecular formula is C29H54N3O2+. The van der Waals surface area contributed by atoms with Crippen LogP contribution < -0.4 is 5.73 Å². The summed E-state index contributed by atoms with van der Waals surface area (Å²) in [5.74, 6) is 0.0655. The lowest BCUT2D eigenvalue weighted by Gasteiger charge is -2.34. The molecule has 0 bridgehead atoms. The SMILES string of the molecule is C/C=C/CCCCCCCCCCCCCCCCCCCC1=NC=C[N+]1(CC(=O)O)C(C)N. The van der Waals surface area contributed by atoms with Crippen molar-refractivity contribution in [3.8, 4) is 0 Å². The molecule has 1 heterocycles. The van der Waals surface area contributed by atoms with E-state index in [-0.39, 0.29) is 17.2 Å². The standard InChI is InChI=1S/C29H53N3O2/c1-3-4-5-6-7-8-9-10-11-12-13-14-15-16-17-18-19-20-21-22-23-28-31-24-25-32(28,27(2)30)26-29(33)34/h3-4,24-25,27H,5-23,26,30H2,1-2H3/p+1/b4-3+. The summed E-state index contributed by atoms with van der Waals surface area (Å²) >= 11 is 0. The van der Waals surface area contributed by atoms with Gasteiger partial charge in [0.1, 0.15) is 12.4 Å². The van der Waals surface area contributed by atoms with Crippen molar-refractivity contribution in [1.82, 2.24) is 0 Å². The minimum atomic E-state index is -0.835. The molecule has 2 atom stereocenters. The third-order valence-electron chi connectivity index (χ3n) is 7.17. The summed E-state index contributed by atoms with van der Waals surface area (Å²) in [4.78, 5) is 15.8. The third kappa shape index (κ3) is 13.4. The van der Waals surface area contributed by atoms with Gasteiger partial charge >= 0.3 is 5.97 Å². The number of carbonyl (C=O) groups is 1. The number of carboxylic acids is 1. The number of nitrogens with zero attached hydrogens (tertiary/aromatic N) is 2. The molecule has 0 amide bonds. The van der Waals surface area contributed by atoms with Crippen LogP contribution in [0.2, 0.25) is 0 Å². The zero-order chi connectivity index (χ0) is 24.9. The van der Waals surface area contributed by atoms with Crippen LogP contribution in [0.5, 0.6) is 0 Å². The van der Waals surface area contributed by atoms with Crippen LogP contribution in [0.15, 0.2) is 29.5 Å². The van der Waals surface area contributed by atoms with Crippen molar-refractivity contribution in [2.24, 2.45) is 10.7 Å². The smallest absolute Gasteiger partial charge is 0.360 e. The molecule has 0 radical (unpaired) electrons. The van der Waals surface area contributed by atoms with E-state index in [1.165, 1.54) is 109 Å². The van der Waals surface area contributed by atoms with Crippen LogP contribution in [0.1, 0.15) is 136 Å². The second kappa shape index (κ2) is 19.8. The zero-order valence-electron chi connectivity index (χ0n) is 22.4. The van der Waals surface area contributed by atoms with Crippen LogP contribution in [-0.4, -0.2) is 34.1 Å². The average molecular weight is 477 g/mol. The van der Waals surface area contributed by atoms with Crippen LogP contribution in [0.25, 0.3) is 0 Å². The molecule has 1 aliphatic rings. The third-order valence-corrected chi connectivity index (χ3v) is 7.17. The fourth-order valence-electron chi connectivity index (χ4n) is 4.95. The molecule has 0 aliphatic carbocycles. The van der Waals surface area contributed by atoms with Gasteiger partial charge < -0.3 is 5.11 Å². The quantitative estimate of drug-likeness (QED) is 0.0889. The van der Waals surface area contributed by atoms with Gasteiger partial charge in [0.25, 0.3) is 0 Å². The monoisotopic (exact) mass is 476 g/mol. The van der Waals surface area contributed by atoms with Gasteiger partial charge in [-0.3, -0.25) is 5.73 Å². The number of quaternary nitrogens is 1. The van der Waals surface area contributed by atoms with Crippen LogP contribution in [0, 0.1) is 0 Å². The van der Waals surface area contributed by atoms with E-state index in [1.54, 1.807) is 6.20 Å². The Labute approximate surface area is 210 Å². The Kier molecular flexibility index (Phi) is 17.8. The highest BCUT2D eigenvalue weighted by Crippen LogP contribution is 2.23. The van der Waals surface area contributed by atoms with E-state index in [0.29, 0.717) is 0 Å². The van der Waals surface area contributed by atoms with Crippen LogP contribution in [-0.2, 0) is 4.79 Å². The van der Waals surface area contributed by atoms with Crippen molar-refractivity contribution in [2.75, 3.05) is 6.54 Å². The van der Waals surface area contributed by atoms with Gasteiger partial charge in [0.15, 0.2) is 6.54 Å². The van der Waals surface area contributed by atoms with Gasteiger partial charge in [-0.1, -0.05) is 108 Å². The van der Waals surface area contributed by atoms with Crippen LogP contribution in [0.4, 0.5) is 0 Å². The van der Waals surface area contributed by atoms with Gasteiger partial charge in [0.2, 0.25) is 5.84 Å². The number of aliphatic imine (C=N–C) groups is 1. The molecule has 34 heavy (non-hydrogen) atoms. The lowest BCUT2D eigenvalue weighted by Crippen LogP contribution is -2.59. The predicted octanol–water partition coefficient (Wildman–Crippen LogP) is 8.06. The summed E-state index contributed by atoms with van der Waals surface area (Å²) in [6.45, 7) is 3.95. The molecular weight excluding hydrogens is 422 g/mol. The molecule has 1 aliphatic heterocycles. The molecule has 2 unspecified atom stereocenters. The molecule has 5 heteroatoms. The van der Waals surface area contributed by atoms with Gasteiger partial charge in [0.05, 0.1) is 6.20 Å². The van der Waals surface area contributed by atoms with E-state index in [4.69, 9.17) is 5.73 Å². The van der Waals surface area contributed by atoms with E-state index in [0.717, 1.165) is 18.7 Å². The van der Waals surface area contributed by atoms with E-state index in [9.17, 15) is 9.90 Å². The van der Waals surface area contributed by atoms with Crippen molar-refractivity contribution < 1.29 is 14.4 Å². The molecule has 3 N–H and O–H groups in total. The normalized spacial score (nSPS) is 18.6. The Morgan fingerprint density at radius 1 is 0.882 bits per heavy atom. The Hall–Kier alpha value is -1.46. The summed E-state index contributed by atoms with van der Waals surface area (Å²) in [6, 6.07) is 0. The molecule has 0 aromatic carbocycles. The summed E-state index contributed by atoms with van der Waals surface area (Å²) in [7, 11) is 0. The molecule has 1 rings (SSSR count). The first-order valence-electron chi connectivity index (χ1n) is 14.2. The van der Waals surface area contributed by atoms with Crippen molar-refractivity contribution in [2.45, 2.75) is 142 Å². The maximum absolute atomic E-state index is 11.3. The number of hydrogen-bond acceptors (Lipinski definition) is 3. The number of nitrogens with two attached hydrogens (primary N) is 1. The van der Waals surface area contributed by atoms with E-state index in [2.05, 4.69) is 24.1 Å². The number of carboxylic acid groups (broad SMARTS) is 1. The first kappa shape index (κ1) is 30.6. The number of amidine groups is 1. The molecule has 0 saturated heterocycles. The summed E-state index contributed by atoms with van der Waals surface area (Å²) in [6.07, 6.45) is 32.8. The fraction of sp³-hybridized carbons (Fsp3) is 0.793. The molecule has 196 valence electrons. The highest BCUT2D eigenvalue weighted by atomic mass is 16.4. The number of rotatable bonds is 23. The summed E-state index contributed by atoms with van der Waals surface area (Å²) < 4.78 is 0.173. The second-order valence-electron chi connectivity index (χ2n) is 10.2. The first-order chi connectivity index (χ1) is 16.5. The number of aliphatic carboxylic acids is 1. The highest BCUT2D eigenvalue weighted by molar-refractivity contribution is 5.81. The number of unbranched alkanes of at least 4 members (excludes halogenated alkanes) is 17. The van der Waals surface area contributed by atoms with Crippen LogP contribution >= 0.6 is 0 Å². The maximum atomic E-state index is 11.3. The van der Waals surface area contributed by atoms with E-state index >= 15 is 0 Å². The van der Waals surface area contributed by atoms with E-state index < -0.39 is 5.97 Å². The van der Waals surface area contributed by atoms with Crippen molar-refractivity contribution in [3.63, 3.8) is 0 Å². The largest absolute Gasteiger partial charge is 0.477 e. The molecule has 0 aromatic rings. The lowest BCUT2D eigenvalue weighted by molar-refractivity contribution is -0.805. The Balaban J connectivity index is 1.88. The molecule has 0 saturated carbocycles. The Morgan fingerprint density at radius 2 is 1.32 bits per heavy atom. The van der Waals surface area contributed by atoms with E-state index in [1.807, 2.05) is 13.1 Å². The zero-order valence-corrected chi connectivity index (χ0v) is 22.4. The Bertz CT molecular complexity index is 612. The molecule has 0 fully saturated rings. The van der Waals surface area contributed by atoms with Gasteiger partial charge in [-0.05, 0) is 26.2 Å². The van der Waals surface area contributed by atoms with Crippen molar-refractivity contribution in [3.05, 3.63) is 24.6 Å². The van der Waals surface area contributed by atoms with Crippen molar-refractivity contribution >= 4 is 11.8 Å². The molecule has 5 nitrogen and oxygen atoms in total. The number of hydrogen-bond donors (Lipinski definition) is 2. The Morgan fingerprint density at radius 3 is 1.74 bits per heavy atom. The minimum Gasteiger partial charge on any atom is -0.477 e. The van der Waals surface area contributed by atoms with Gasteiger partial charge in [0, 0.05) is 13.3 Å².